The summed E-state index contributed by atoms with van der Waals surface area (Å²) in [7, 11) is 0. The van der Waals surface area contributed by atoms with Crippen molar-refractivity contribution in [1.29, 1.82) is 0 Å². The van der Waals surface area contributed by atoms with Crippen LogP contribution in [0.1, 0.15) is 12.5 Å². The maximum Gasteiger partial charge on any atom is 0.0871 e. The van der Waals surface area contributed by atoms with Crippen molar-refractivity contribution in [3.05, 3.63) is 24.0 Å². The smallest absolute Gasteiger partial charge is 0.0871 e. The second-order valence-corrected chi connectivity index (χ2v) is 4.85. The number of hydrogen-bond donors (Lipinski definition) is 3. The first-order chi connectivity index (χ1) is 9.24. The molecule has 2 rings (SSSR count). The number of hydrogen-bond acceptors (Lipinski definition) is 6. The maximum absolute atomic E-state index is 5.95. The van der Waals surface area contributed by atoms with Crippen molar-refractivity contribution in [3.63, 3.8) is 0 Å². The molecule has 0 aromatic carbocycles. The first-order valence-corrected chi connectivity index (χ1v) is 6.73. The topological polar surface area (TPSA) is 89.4 Å². The van der Waals surface area contributed by atoms with Gasteiger partial charge in [0.15, 0.2) is 0 Å². The van der Waals surface area contributed by atoms with Gasteiger partial charge in [0.25, 0.3) is 0 Å². The van der Waals surface area contributed by atoms with Crippen LogP contribution in [0, 0.1) is 0 Å². The van der Waals surface area contributed by atoms with E-state index in [0.717, 1.165) is 43.9 Å². The fraction of sp³-hybridized carbons (Fsp3) is 0.615. The van der Waals surface area contributed by atoms with Crippen LogP contribution in [0.25, 0.3) is 0 Å². The van der Waals surface area contributed by atoms with E-state index in [1.807, 2.05) is 6.07 Å². The summed E-state index contributed by atoms with van der Waals surface area (Å²) in [6.45, 7) is 5.82. The van der Waals surface area contributed by atoms with Gasteiger partial charge in [-0.2, -0.15) is 0 Å². The van der Waals surface area contributed by atoms with Crippen LogP contribution in [0.2, 0.25) is 0 Å². The highest BCUT2D eigenvalue weighted by Crippen LogP contribution is 2.16. The third-order valence-corrected chi connectivity index (χ3v) is 3.67. The first-order valence-electron chi connectivity index (χ1n) is 6.73. The summed E-state index contributed by atoms with van der Waals surface area (Å²) in [5, 5.41) is 0. The molecule has 0 bridgehead atoms. The molecule has 0 spiro atoms. The molecule has 2 unspecified atom stereocenters. The number of anilines is 1. The molecule has 2 heterocycles. The second-order valence-electron chi connectivity index (χ2n) is 4.85. The van der Waals surface area contributed by atoms with Gasteiger partial charge in [0, 0.05) is 31.2 Å². The van der Waals surface area contributed by atoms with Gasteiger partial charge in [0.2, 0.25) is 0 Å². The number of ether oxygens (including phenoxy) is 1. The summed E-state index contributed by atoms with van der Waals surface area (Å²) in [5.74, 6) is 5.68. The maximum atomic E-state index is 5.95. The lowest BCUT2D eigenvalue weighted by molar-refractivity contribution is -0.0447. The highest BCUT2D eigenvalue weighted by molar-refractivity contribution is 5.44. The Kier molecular flexibility index (Phi) is 5.09. The van der Waals surface area contributed by atoms with Gasteiger partial charge in [-0.05, 0) is 24.6 Å². The Balaban J connectivity index is 2.01. The Bertz CT molecular complexity index is 400. The van der Waals surface area contributed by atoms with Gasteiger partial charge < -0.3 is 10.5 Å². The summed E-state index contributed by atoms with van der Waals surface area (Å²) in [6, 6.07) is 1.85. The van der Waals surface area contributed by atoms with Gasteiger partial charge >= 0.3 is 0 Å². The molecule has 1 aliphatic rings. The summed E-state index contributed by atoms with van der Waals surface area (Å²) < 4.78 is 5.83. The number of pyridine rings is 1. The van der Waals surface area contributed by atoms with E-state index in [9.17, 15) is 0 Å². The molecule has 1 aromatic rings. The Morgan fingerprint density at radius 1 is 1.63 bits per heavy atom. The van der Waals surface area contributed by atoms with Crippen molar-refractivity contribution in [2.24, 2.45) is 5.84 Å². The van der Waals surface area contributed by atoms with Crippen LogP contribution in [-0.2, 0) is 11.2 Å². The average Bonchev–Trinajstić information content (AvgIpc) is 2.46. The normalized spacial score (nSPS) is 22.3. The average molecular weight is 265 g/mol. The number of nitrogens with zero attached hydrogens (tertiary/aromatic N) is 2. The lowest BCUT2D eigenvalue weighted by Gasteiger charge is -2.36. The van der Waals surface area contributed by atoms with Crippen LogP contribution in [0.15, 0.2) is 18.5 Å². The van der Waals surface area contributed by atoms with E-state index >= 15 is 0 Å². The van der Waals surface area contributed by atoms with Crippen LogP contribution in [0.5, 0.6) is 0 Å². The van der Waals surface area contributed by atoms with E-state index in [0.29, 0.717) is 0 Å². The molecule has 0 aliphatic carbocycles. The number of hydrazine groups is 1. The van der Waals surface area contributed by atoms with Crippen LogP contribution in [0.3, 0.4) is 0 Å². The zero-order valence-corrected chi connectivity index (χ0v) is 11.4. The SMILES string of the molecule is CCN1CCOC(C(Cc2cnccc2N)NN)C1. The molecule has 1 fully saturated rings. The van der Waals surface area contributed by atoms with Gasteiger partial charge in [-0.25, -0.2) is 0 Å². The minimum Gasteiger partial charge on any atom is -0.398 e. The van der Waals surface area contributed by atoms with Crippen molar-refractivity contribution >= 4 is 5.69 Å². The Morgan fingerprint density at radius 3 is 3.16 bits per heavy atom. The van der Waals surface area contributed by atoms with Gasteiger partial charge in [-0.15, -0.1) is 0 Å². The monoisotopic (exact) mass is 265 g/mol. The van der Waals surface area contributed by atoms with Crippen molar-refractivity contribution in [3.8, 4) is 0 Å². The van der Waals surface area contributed by atoms with E-state index in [1.165, 1.54) is 0 Å². The largest absolute Gasteiger partial charge is 0.398 e. The van der Waals surface area contributed by atoms with Crippen molar-refractivity contribution in [1.82, 2.24) is 15.3 Å². The Morgan fingerprint density at radius 2 is 2.47 bits per heavy atom. The number of rotatable bonds is 5. The number of likely N-dealkylation sites (N-methyl/N-ethyl adjacent to an activating group) is 1. The zero-order valence-electron chi connectivity index (χ0n) is 11.4. The fourth-order valence-corrected chi connectivity index (χ4v) is 2.41. The molecule has 106 valence electrons. The molecule has 5 N–H and O–H groups in total. The molecule has 0 saturated carbocycles. The standard InChI is InChI=1S/C13H23N5O/c1-2-18-5-6-19-13(9-18)12(17-15)7-10-8-16-4-3-11(10)14/h3-4,8,12-13,17H,2,5-7,9,15H2,1H3,(H2,14,16). The number of nitrogens with two attached hydrogens (primary N) is 2. The van der Waals surface area contributed by atoms with Crippen LogP contribution >= 0.6 is 0 Å². The Labute approximate surface area is 114 Å². The molecular weight excluding hydrogens is 242 g/mol. The van der Waals surface area contributed by atoms with Crippen molar-refractivity contribution in [2.45, 2.75) is 25.5 Å². The van der Waals surface area contributed by atoms with E-state index in [2.05, 4.69) is 22.2 Å². The van der Waals surface area contributed by atoms with Gasteiger partial charge in [0.1, 0.15) is 0 Å². The summed E-state index contributed by atoms with van der Waals surface area (Å²) in [5.41, 5.74) is 10.6. The molecule has 1 aliphatic heterocycles. The highest BCUT2D eigenvalue weighted by Gasteiger charge is 2.27. The van der Waals surface area contributed by atoms with E-state index in [-0.39, 0.29) is 12.1 Å². The number of aromatic nitrogens is 1. The molecule has 1 saturated heterocycles. The lowest BCUT2D eigenvalue weighted by atomic mass is 10.0. The predicted molar refractivity (Wildman–Crippen MR) is 75.3 cm³/mol. The van der Waals surface area contributed by atoms with Crippen LogP contribution in [0.4, 0.5) is 5.69 Å². The van der Waals surface area contributed by atoms with E-state index in [4.69, 9.17) is 16.3 Å². The molecular formula is C13H23N5O. The van der Waals surface area contributed by atoms with Crippen molar-refractivity contribution in [2.75, 3.05) is 32.0 Å². The number of morpholine rings is 1. The van der Waals surface area contributed by atoms with E-state index < -0.39 is 0 Å². The Hall–Kier alpha value is -1.21. The minimum absolute atomic E-state index is 0.0425. The molecule has 19 heavy (non-hydrogen) atoms. The third kappa shape index (κ3) is 3.63. The summed E-state index contributed by atoms with van der Waals surface area (Å²) in [6.07, 6.45) is 4.29. The fourth-order valence-electron chi connectivity index (χ4n) is 2.41. The molecule has 0 radical (unpaired) electrons. The highest BCUT2D eigenvalue weighted by atomic mass is 16.5. The first kappa shape index (κ1) is 14.2. The minimum atomic E-state index is 0.0425. The van der Waals surface area contributed by atoms with Crippen LogP contribution < -0.4 is 17.0 Å². The van der Waals surface area contributed by atoms with Crippen molar-refractivity contribution < 1.29 is 4.74 Å². The molecule has 0 amide bonds. The van der Waals surface area contributed by atoms with Gasteiger partial charge in [-0.3, -0.25) is 21.2 Å². The molecule has 2 atom stereocenters. The third-order valence-electron chi connectivity index (χ3n) is 3.67. The molecule has 1 aromatic heterocycles. The second kappa shape index (κ2) is 6.81. The predicted octanol–water partition coefficient (Wildman–Crippen LogP) is -0.241. The van der Waals surface area contributed by atoms with Gasteiger partial charge in [-0.1, -0.05) is 6.92 Å². The lowest BCUT2D eigenvalue weighted by Crippen LogP contribution is -2.54. The molecule has 6 nitrogen and oxygen atoms in total. The summed E-state index contributed by atoms with van der Waals surface area (Å²) in [4.78, 5) is 6.48. The van der Waals surface area contributed by atoms with Gasteiger partial charge in [0.05, 0.1) is 18.8 Å². The quantitative estimate of drug-likeness (QED) is 0.503. The summed E-state index contributed by atoms with van der Waals surface area (Å²) >= 11 is 0. The van der Waals surface area contributed by atoms with E-state index in [1.54, 1.807) is 12.4 Å². The number of nitrogens with one attached hydrogen (secondary N) is 1. The van der Waals surface area contributed by atoms with Crippen LogP contribution in [-0.4, -0.2) is 48.3 Å². The molecule has 6 heteroatoms. The zero-order chi connectivity index (χ0) is 13.7. The number of nitrogen functional groups attached to an aromatic ring is 1.